The van der Waals surface area contributed by atoms with Crippen LogP contribution >= 0.6 is 0 Å². The summed E-state index contributed by atoms with van der Waals surface area (Å²) in [7, 11) is 0. The van der Waals surface area contributed by atoms with Crippen LogP contribution in [0.15, 0.2) is 12.2 Å². The van der Waals surface area contributed by atoms with Gasteiger partial charge in [0.25, 0.3) is 0 Å². The van der Waals surface area contributed by atoms with Crippen molar-refractivity contribution in [2.24, 2.45) is 0 Å². The lowest BCUT2D eigenvalue weighted by Gasteiger charge is -2.42. The van der Waals surface area contributed by atoms with E-state index in [4.69, 9.17) is 0 Å². The average molecular weight is 671 g/mol. The van der Waals surface area contributed by atoms with E-state index in [9.17, 15) is 74.6 Å². The van der Waals surface area contributed by atoms with Gasteiger partial charge in [0.1, 0.15) is 0 Å². The Bertz CT molecular complexity index is 828. The second kappa shape index (κ2) is 15.7. The maximum absolute atomic E-state index is 13.8. The third-order valence-corrected chi connectivity index (χ3v) is 6.80. The molecule has 0 aliphatic heterocycles. The van der Waals surface area contributed by atoms with Gasteiger partial charge in [-0.2, -0.15) is 74.6 Å². The fourth-order valence-corrected chi connectivity index (χ4v) is 3.97. The van der Waals surface area contributed by atoms with Crippen LogP contribution in [0.2, 0.25) is 0 Å². The summed E-state index contributed by atoms with van der Waals surface area (Å²) < 4.78 is 225. The molecule has 0 radical (unpaired) electrons. The fraction of sp³-hybridized carbons (Fsp3) is 0.923. The Morgan fingerprint density at radius 1 is 0.349 bits per heavy atom. The lowest BCUT2D eigenvalue weighted by atomic mass is 9.89. The van der Waals surface area contributed by atoms with Crippen molar-refractivity contribution in [1.82, 2.24) is 0 Å². The van der Waals surface area contributed by atoms with Gasteiger partial charge in [0.05, 0.1) is 0 Å². The summed E-state index contributed by atoms with van der Waals surface area (Å²) in [4.78, 5) is 0. The normalized spacial score (nSPS) is 15.1. The highest BCUT2D eigenvalue weighted by atomic mass is 19.4. The molecule has 0 fully saturated rings. The zero-order chi connectivity index (χ0) is 34.0. The first-order valence-corrected chi connectivity index (χ1v) is 13.7. The molecule has 0 unspecified atom stereocenters. The minimum absolute atomic E-state index is 0.0132. The number of hydrogen-bond acceptors (Lipinski definition) is 0. The standard InChI is InChI=1S/C26H35F17/c1-2-3-4-5-6-7-8-9-10-11-12-13-14-15-16-17-18-19(27,28)20(29,30)21(31,32)22(33,34)23(35,36)24(37,38)25(39,40)26(41,42)43/h17-18H,2-16H2,1H3/b18-17+. The van der Waals surface area contributed by atoms with E-state index >= 15 is 0 Å². The Labute approximate surface area is 238 Å². The van der Waals surface area contributed by atoms with Crippen molar-refractivity contribution in [3.8, 4) is 0 Å². The number of unbranched alkanes of at least 4 members (excludes halogenated alkanes) is 14. The molecule has 0 atom stereocenters. The van der Waals surface area contributed by atoms with Crippen LogP contribution in [0.4, 0.5) is 74.6 Å². The zero-order valence-electron chi connectivity index (χ0n) is 23.2. The molecule has 0 rings (SSSR count). The number of rotatable bonds is 22. The van der Waals surface area contributed by atoms with E-state index in [1.165, 1.54) is 19.3 Å². The summed E-state index contributed by atoms with van der Waals surface area (Å²) in [5.41, 5.74) is 0. The highest BCUT2D eigenvalue weighted by molar-refractivity contribution is 5.17. The highest BCUT2D eigenvalue weighted by Crippen LogP contribution is 2.64. The fourth-order valence-electron chi connectivity index (χ4n) is 3.97. The lowest BCUT2D eigenvalue weighted by molar-refractivity contribution is -0.459. The van der Waals surface area contributed by atoms with Crippen LogP contribution < -0.4 is 0 Å². The molecule has 0 aliphatic carbocycles. The molecule has 0 aromatic rings. The average Bonchev–Trinajstić information content (AvgIpc) is 2.87. The molecule has 0 N–H and O–H groups in total. The van der Waals surface area contributed by atoms with Gasteiger partial charge in [-0.05, 0) is 18.9 Å². The first-order valence-electron chi connectivity index (χ1n) is 13.7. The van der Waals surface area contributed by atoms with E-state index in [2.05, 4.69) is 6.92 Å². The van der Waals surface area contributed by atoms with Crippen molar-refractivity contribution >= 4 is 0 Å². The van der Waals surface area contributed by atoms with Gasteiger partial charge in [0, 0.05) is 0 Å². The van der Waals surface area contributed by atoms with Crippen molar-refractivity contribution in [3.63, 3.8) is 0 Å². The van der Waals surface area contributed by atoms with Crippen LogP contribution in [0.1, 0.15) is 103 Å². The summed E-state index contributed by atoms with van der Waals surface area (Å²) in [6.45, 7) is 2.12. The SMILES string of the molecule is CCCCCCCCCCCCCCCC/C=C/C(F)(F)C(F)(F)C(F)(F)C(F)(F)C(F)(F)C(F)(F)C(F)(F)C(F)(F)F. The van der Waals surface area contributed by atoms with E-state index in [0.29, 0.717) is 12.8 Å². The van der Waals surface area contributed by atoms with Crippen molar-refractivity contribution in [1.29, 1.82) is 0 Å². The molecular formula is C26H35F17. The van der Waals surface area contributed by atoms with Gasteiger partial charge >= 0.3 is 47.6 Å². The van der Waals surface area contributed by atoms with Crippen LogP contribution in [-0.2, 0) is 0 Å². The van der Waals surface area contributed by atoms with E-state index < -0.39 is 60.1 Å². The third kappa shape index (κ3) is 9.29. The highest BCUT2D eigenvalue weighted by Gasteiger charge is 2.95. The predicted octanol–water partition coefficient (Wildman–Crippen LogP) is 12.4. The molecule has 0 heterocycles. The maximum Gasteiger partial charge on any atom is 0.460 e. The summed E-state index contributed by atoms with van der Waals surface area (Å²) in [6, 6.07) is 0. The molecule has 0 nitrogen and oxygen atoms in total. The number of halogens is 17. The van der Waals surface area contributed by atoms with Crippen LogP contribution in [0.3, 0.4) is 0 Å². The summed E-state index contributed by atoms with van der Waals surface area (Å²) in [5, 5.41) is 0. The van der Waals surface area contributed by atoms with Crippen molar-refractivity contribution in [2.45, 2.75) is 151 Å². The van der Waals surface area contributed by atoms with Gasteiger partial charge in [0.15, 0.2) is 0 Å². The van der Waals surface area contributed by atoms with Gasteiger partial charge in [-0.15, -0.1) is 0 Å². The van der Waals surface area contributed by atoms with Crippen LogP contribution in [0, 0.1) is 0 Å². The molecule has 0 bridgehead atoms. The monoisotopic (exact) mass is 670 g/mol. The first kappa shape index (κ1) is 41.5. The second-order valence-electron chi connectivity index (χ2n) is 10.4. The van der Waals surface area contributed by atoms with Crippen LogP contribution in [0.25, 0.3) is 0 Å². The maximum atomic E-state index is 13.8. The van der Waals surface area contributed by atoms with Gasteiger partial charge in [-0.1, -0.05) is 96.5 Å². The van der Waals surface area contributed by atoms with E-state index in [1.54, 1.807) is 0 Å². The van der Waals surface area contributed by atoms with Crippen LogP contribution in [0.5, 0.6) is 0 Å². The molecule has 43 heavy (non-hydrogen) atoms. The van der Waals surface area contributed by atoms with Crippen molar-refractivity contribution in [2.75, 3.05) is 0 Å². The molecule has 0 aromatic heterocycles. The van der Waals surface area contributed by atoms with Crippen molar-refractivity contribution < 1.29 is 74.6 Å². The smallest absolute Gasteiger partial charge is 0.195 e. The minimum atomic E-state index is -8.60. The zero-order valence-corrected chi connectivity index (χ0v) is 23.2. The Balaban J connectivity index is 5.07. The molecule has 0 amide bonds. The molecular weight excluding hydrogens is 635 g/mol. The quantitative estimate of drug-likeness (QED) is 0.0611. The molecule has 0 saturated heterocycles. The minimum Gasteiger partial charge on any atom is -0.195 e. The predicted molar refractivity (Wildman–Crippen MR) is 125 cm³/mol. The van der Waals surface area contributed by atoms with Gasteiger partial charge in [-0.25, -0.2) is 0 Å². The number of allylic oxidation sites excluding steroid dienone is 2. The molecule has 258 valence electrons. The molecule has 0 aromatic carbocycles. The molecule has 0 aliphatic rings. The van der Waals surface area contributed by atoms with Crippen LogP contribution in [-0.4, -0.2) is 47.6 Å². The second-order valence-corrected chi connectivity index (χ2v) is 10.4. The van der Waals surface area contributed by atoms with Gasteiger partial charge < -0.3 is 0 Å². The summed E-state index contributed by atoms with van der Waals surface area (Å²) >= 11 is 0. The van der Waals surface area contributed by atoms with E-state index in [1.807, 2.05) is 0 Å². The Morgan fingerprint density at radius 3 is 0.953 bits per heavy atom. The molecule has 0 spiro atoms. The summed E-state index contributed by atoms with van der Waals surface area (Å²) in [6.07, 6.45) is 3.27. The van der Waals surface area contributed by atoms with Gasteiger partial charge in [-0.3, -0.25) is 0 Å². The van der Waals surface area contributed by atoms with Gasteiger partial charge in [0.2, 0.25) is 0 Å². The van der Waals surface area contributed by atoms with E-state index in [-0.39, 0.29) is 12.5 Å². The lowest BCUT2D eigenvalue weighted by Crippen LogP contribution is -2.74. The Morgan fingerprint density at radius 2 is 0.628 bits per heavy atom. The third-order valence-electron chi connectivity index (χ3n) is 6.80. The Kier molecular flexibility index (Phi) is 15.2. The van der Waals surface area contributed by atoms with Crippen molar-refractivity contribution in [3.05, 3.63) is 12.2 Å². The topological polar surface area (TPSA) is 0 Å². The number of hydrogen-bond donors (Lipinski definition) is 0. The van der Waals surface area contributed by atoms with E-state index in [0.717, 1.165) is 51.4 Å². The largest absolute Gasteiger partial charge is 0.460 e. The first-order chi connectivity index (χ1) is 19.3. The molecule has 17 heteroatoms. The number of alkyl halides is 17. The molecule has 0 saturated carbocycles. The Hall–Kier alpha value is -1.45. The summed E-state index contributed by atoms with van der Waals surface area (Å²) in [5.74, 6) is -56.1.